The number of carbonyl (C=O) groups is 2. The third kappa shape index (κ3) is 3.92. The predicted octanol–water partition coefficient (Wildman–Crippen LogP) is 1.81. The molecule has 3 aromatic rings. The molecule has 12 heteroatoms. The number of amides is 1. The Hall–Kier alpha value is -3.47. The van der Waals surface area contributed by atoms with Crippen LogP contribution in [-0.2, 0) is 11.3 Å². The Labute approximate surface area is 191 Å². The highest BCUT2D eigenvalue weighted by Gasteiger charge is 2.32. The number of anilines is 1. The molecule has 33 heavy (non-hydrogen) atoms. The van der Waals surface area contributed by atoms with Gasteiger partial charge in [-0.1, -0.05) is 11.6 Å². The van der Waals surface area contributed by atoms with Crippen molar-refractivity contribution >= 4 is 40.1 Å². The molecule has 5 rings (SSSR count). The lowest BCUT2D eigenvalue weighted by molar-refractivity contribution is -0.122. The first-order valence-electron chi connectivity index (χ1n) is 10.5. The molecule has 172 valence electrons. The molecule has 2 aliphatic rings. The zero-order chi connectivity index (χ0) is 23.3. The summed E-state index contributed by atoms with van der Waals surface area (Å²) < 4.78 is 16.9. The van der Waals surface area contributed by atoms with E-state index in [4.69, 9.17) is 11.6 Å². The van der Waals surface area contributed by atoms with Crippen molar-refractivity contribution in [1.82, 2.24) is 24.9 Å². The highest BCUT2D eigenvalue weighted by molar-refractivity contribution is 6.38. The second kappa shape index (κ2) is 8.14. The molecule has 1 aliphatic carbocycles. The highest BCUT2D eigenvalue weighted by atomic mass is 35.5. The van der Waals surface area contributed by atoms with E-state index in [0.29, 0.717) is 25.0 Å². The smallest absolute Gasteiger partial charge is 0.341 e. The fourth-order valence-electron chi connectivity index (χ4n) is 4.32. The fraction of sp³-hybridized carbons (Fsp3) is 0.381. The molecule has 1 aromatic carbocycles. The number of benzene rings is 1. The zero-order valence-electron chi connectivity index (χ0n) is 17.4. The Bertz CT molecular complexity index is 1320. The van der Waals surface area contributed by atoms with Gasteiger partial charge in [-0.2, -0.15) is 15.0 Å². The van der Waals surface area contributed by atoms with Crippen molar-refractivity contribution in [2.45, 2.75) is 37.9 Å². The summed E-state index contributed by atoms with van der Waals surface area (Å²) in [5, 5.41) is 20.1. The van der Waals surface area contributed by atoms with Gasteiger partial charge in [-0.3, -0.25) is 9.59 Å². The van der Waals surface area contributed by atoms with Gasteiger partial charge in [-0.25, -0.2) is 9.18 Å². The van der Waals surface area contributed by atoms with E-state index in [1.54, 1.807) is 9.47 Å². The topological polar surface area (TPSA) is 122 Å². The monoisotopic (exact) mass is 474 g/mol. The molecule has 1 atom stereocenters. The summed E-state index contributed by atoms with van der Waals surface area (Å²) >= 11 is 6.66. The maximum atomic E-state index is 15.2. The van der Waals surface area contributed by atoms with Gasteiger partial charge >= 0.3 is 5.97 Å². The molecule has 2 aromatic heterocycles. The number of carboxylic acids is 1. The first kappa shape index (κ1) is 21.4. The first-order chi connectivity index (χ1) is 15.8. The van der Waals surface area contributed by atoms with Crippen LogP contribution in [0.15, 0.2) is 29.5 Å². The van der Waals surface area contributed by atoms with Gasteiger partial charge in [0.1, 0.15) is 17.9 Å². The summed E-state index contributed by atoms with van der Waals surface area (Å²) in [6.07, 6.45) is 6.49. The minimum Gasteiger partial charge on any atom is -0.477 e. The van der Waals surface area contributed by atoms with Gasteiger partial charge in [-0.15, -0.1) is 0 Å². The van der Waals surface area contributed by atoms with E-state index in [9.17, 15) is 19.5 Å². The van der Waals surface area contributed by atoms with Crippen LogP contribution < -0.4 is 15.6 Å². The van der Waals surface area contributed by atoms with Crippen LogP contribution in [0.3, 0.4) is 0 Å². The lowest BCUT2D eigenvalue weighted by Gasteiger charge is -2.23. The molecule has 1 saturated heterocycles. The second-order valence-electron chi connectivity index (χ2n) is 8.29. The van der Waals surface area contributed by atoms with Crippen LogP contribution in [0, 0.1) is 5.82 Å². The van der Waals surface area contributed by atoms with Gasteiger partial charge in [-0.05, 0) is 25.3 Å². The Morgan fingerprint density at radius 1 is 1.24 bits per heavy atom. The average Bonchev–Trinajstić information content (AvgIpc) is 3.29. The number of hydrogen-bond donors (Lipinski definition) is 2. The van der Waals surface area contributed by atoms with Crippen molar-refractivity contribution in [1.29, 1.82) is 0 Å². The van der Waals surface area contributed by atoms with Crippen molar-refractivity contribution in [2.24, 2.45) is 0 Å². The summed E-state index contributed by atoms with van der Waals surface area (Å²) in [6, 6.07) is 0.863. The Morgan fingerprint density at radius 3 is 2.64 bits per heavy atom. The minimum atomic E-state index is -1.36. The molecule has 1 amide bonds. The van der Waals surface area contributed by atoms with Crippen molar-refractivity contribution in [3.63, 3.8) is 0 Å². The number of carboxylic acid groups (broad SMARTS) is 1. The number of pyridine rings is 1. The van der Waals surface area contributed by atoms with Crippen molar-refractivity contribution < 1.29 is 19.1 Å². The molecular formula is C21H20ClFN6O4. The zero-order valence-corrected chi connectivity index (χ0v) is 18.1. The molecule has 1 unspecified atom stereocenters. The number of nitrogens with one attached hydrogen (secondary N) is 1. The number of aromatic carboxylic acids is 1. The van der Waals surface area contributed by atoms with Crippen LogP contribution >= 0.6 is 11.6 Å². The number of rotatable bonds is 6. The highest BCUT2D eigenvalue weighted by Crippen LogP contribution is 2.42. The van der Waals surface area contributed by atoms with Gasteiger partial charge in [0.25, 0.3) is 0 Å². The lowest BCUT2D eigenvalue weighted by atomic mass is 10.1. The molecule has 0 radical (unpaired) electrons. The van der Waals surface area contributed by atoms with Crippen molar-refractivity contribution in [3.05, 3.63) is 51.3 Å². The molecule has 0 bridgehead atoms. The second-order valence-corrected chi connectivity index (χ2v) is 8.67. The maximum absolute atomic E-state index is 15.2. The molecule has 1 aliphatic heterocycles. The third-order valence-electron chi connectivity index (χ3n) is 5.98. The van der Waals surface area contributed by atoms with E-state index in [2.05, 4.69) is 15.5 Å². The normalized spacial score (nSPS) is 18.1. The molecule has 3 heterocycles. The molecular weight excluding hydrogens is 455 g/mol. The summed E-state index contributed by atoms with van der Waals surface area (Å²) in [5.41, 5.74) is -0.692. The Kier molecular flexibility index (Phi) is 5.28. The first-order valence-corrected chi connectivity index (χ1v) is 10.9. The fourth-order valence-corrected chi connectivity index (χ4v) is 4.73. The quantitative estimate of drug-likeness (QED) is 0.558. The average molecular weight is 475 g/mol. The van der Waals surface area contributed by atoms with Crippen molar-refractivity contribution in [3.8, 4) is 0 Å². The lowest BCUT2D eigenvalue weighted by Crippen LogP contribution is -2.39. The van der Waals surface area contributed by atoms with Gasteiger partial charge in [0.05, 0.1) is 34.0 Å². The van der Waals surface area contributed by atoms with Gasteiger partial charge in [0, 0.05) is 31.4 Å². The van der Waals surface area contributed by atoms with Gasteiger partial charge in [0.15, 0.2) is 0 Å². The van der Waals surface area contributed by atoms with Crippen LogP contribution in [0.4, 0.5) is 10.1 Å². The van der Waals surface area contributed by atoms with E-state index in [1.807, 2.05) is 0 Å². The Balaban J connectivity index is 1.46. The number of nitrogens with zero attached hydrogens (tertiary/aromatic N) is 5. The summed E-state index contributed by atoms with van der Waals surface area (Å²) in [5.74, 6) is -2.32. The largest absolute Gasteiger partial charge is 0.477 e. The van der Waals surface area contributed by atoms with E-state index >= 15 is 4.39 Å². The molecule has 10 nitrogen and oxygen atoms in total. The molecule has 2 N–H and O–H groups in total. The minimum absolute atomic E-state index is 0.0172. The summed E-state index contributed by atoms with van der Waals surface area (Å²) in [6.45, 7) is 0.767. The Morgan fingerprint density at radius 2 is 1.97 bits per heavy atom. The molecule has 0 spiro atoms. The van der Waals surface area contributed by atoms with E-state index in [1.165, 1.54) is 23.4 Å². The number of carbonyl (C=O) groups excluding carboxylic acids is 1. The van der Waals surface area contributed by atoms with Crippen LogP contribution in [0.1, 0.15) is 35.7 Å². The maximum Gasteiger partial charge on any atom is 0.341 e. The summed E-state index contributed by atoms with van der Waals surface area (Å²) in [4.78, 5) is 39.5. The van der Waals surface area contributed by atoms with Crippen LogP contribution in [-0.4, -0.2) is 55.7 Å². The van der Waals surface area contributed by atoms with Gasteiger partial charge < -0.3 is 19.9 Å². The number of halogens is 2. The van der Waals surface area contributed by atoms with Crippen LogP contribution in [0.25, 0.3) is 10.9 Å². The number of hydrogen-bond acceptors (Lipinski definition) is 6. The molecule has 1 saturated carbocycles. The SMILES string of the molecule is O=C(Cn1nccn1)NC1CCN(c2c(F)cc3c(=O)c(C(=O)O)cn(C4CC4)c3c2Cl)C1. The summed E-state index contributed by atoms with van der Waals surface area (Å²) in [7, 11) is 0. The molecule has 2 fully saturated rings. The predicted molar refractivity (Wildman–Crippen MR) is 117 cm³/mol. The van der Waals surface area contributed by atoms with Crippen LogP contribution in [0.5, 0.6) is 0 Å². The van der Waals surface area contributed by atoms with Gasteiger partial charge in [0.2, 0.25) is 11.3 Å². The van der Waals surface area contributed by atoms with E-state index in [0.717, 1.165) is 18.9 Å². The third-order valence-corrected chi connectivity index (χ3v) is 6.33. The standard InChI is InChI=1S/C21H20ClFN6O4/c22-17-18-13(20(31)14(21(32)33)9-28(18)12-1-2-12)7-15(23)19(17)27-6-3-11(8-27)26-16(30)10-29-24-4-5-25-29/h4-5,7,9,11-12H,1-3,6,8,10H2,(H,26,30)(H,32,33). The van der Waals surface area contributed by atoms with E-state index in [-0.39, 0.29) is 40.6 Å². The number of aromatic nitrogens is 4. The van der Waals surface area contributed by atoms with E-state index < -0.39 is 22.8 Å². The van der Waals surface area contributed by atoms with Crippen LogP contribution in [0.2, 0.25) is 5.02 Å². The van der Waals surface area contributed by atoms with Crippen molar-refractivity contribution in [2.75, 3.05) is 18.0 Å². The number of fused-ring (bicyclic) bond motifs is 1.